The van der Waals surface area contributed by atoms with Crippen LogP contribution in [0.15, 0.2) is 18.2 Å². The highest BCUT2D eigenvalue weighted by Gasteiger charge is 2.20. The molecular weight excluding hydrogens is 260 g/mol. The predicted molar refractivity (Wildman–Crippen MR) is 90.6 cm³/mol. The molecule has 1 aliphatic heterocycles. The molecule has 0 radical (unpaired) electrons. The molecule has 0 bridgehead atoms. The lowest BCUT2D eigenvalue weighted by atomic mass is 10.0. The van der Waals surface area contributed by atoms with E-state index >= 15 is 0 Å². The molecule has 0 saturated carbocycles. The van der Waals surface area contributed by atoms with Crippen molar-refractivity contribution in [1.29, 1.82) is 0 Å². The minimum atomic E-state index is 0.537. The Balaban J connectivity index is 2.17. The van der Waals surface area contributed by atoms with Crippen molar-refractivity contribution < 1.29 is 4.74 Å². The topological polar surface area (TPSA) is 15.7 Å². The molecule has 1 unspecified atom stereocenters. The normalized spacial score (nSPS) is 20.0. The SMILES string of the molecule is COc1cc(C(C)C)ccc1N1CCCC(N(C)C)CC1. The second kappa shape index (κ2) is 7.17. The largest absolute Gasteiger partial charge is 0.495 e. The first-order chi connectivity index (χ1) is 10.0. The Morgan fingerprint density at radius 2 is 1.95 bits per heavy atom. The zero-order valence-electron chi connectivity index (χ0n) is 14.2. The van der Waals surface area contributed by atoms with Crippen LogP contribution in [-0.4, -0.2) is 45.2 Å². The Kier molecular flexibility index (Phi) is 5.51. The quantitative estimate of drug-likeness (QED) is 0.840. The van der Waals surface area contributed by atoms with E-state index in [0.29, 0.717) is 12.0 Å². The number of anilines is 1. The van der Waals surface area contributed by atoms with Crippen LogP contribution in [-0.2, 0) is 0 Å². The molecule has 1 heterocycles. The molecule has 0 N–H and O–H groups in total. The van der Waals surface area contributed by atoms with Crippen molar-refractivity contribution in [1.82, 2.24) is 4.90 Å². The summed E-state index contributed by atoms with van der Waals surface area (Å²) in [5.74, 6) is 1.56. The lowest BCUT2D eigenvalue weighted by Gasteiger charge is -2.26. The van der Waals surface area contributed by atoms with Crippen LogP contribution in [0, 0.1) is 0 Å². The number of benzene rings is 1. The molecule has 0 spiro atoms. The minimum absolute atomic E-state index is 0.537. The molecule has 1 aliphatic rings. The van der Waals surface area contributed by atoms with Gasteiger partial charge >= 0.3 is 0 Å². The number of hydrogen-bond acceptors (Lipinski definition) is 3. The highest BCUT2D eigenvalue weighted by molar-refractivity contribution is 5.60. The van der Waals surface area contributed by atoms with Crippen LogP contribution in [0.25, 0.3) is 0 Å². The van der Waals surface area contributed by atoms with Crippen LogP contribution >= 0.6 is 0 Å². The van der Waals surface area contributed by atoms with E-state index in [4.69, 9.17) is 4.74 Å². The zero-order chi connectivity index (χ0) is 15.4. The van der Waals surface area contributed by atoms with Crippen molar-refractivity contribution in [2.24, 2.45) is 0 Å². The van der Waals surface area contributed by atoms with Crippen LogP contribution < -0.4 is 9.64 Å². The van der Waals surface area contributed by atoms with Crippen LogP contribution in [0.4, 0.5) is 5.69 Å². The van der Waals surface area contributed by atoms with Crippen molar-refractivity contribution in [3.63, 3.8) is 0 Å². The van der Waals surface area contributed by atoms with Gasteiger partial charge in [-0.1, -0.05) is 19.9 Å². The fourth-order valence-corrected chi connectivity index (χ4v) is 3.15. The van der Waals surface area contributed by atoms with Crippen molar-refractivity contribution >= 4 is 5.69 Å². The molecule has 0 aliphatic carbocycles. The van der Waals surface area contributed by atoms with E-state index in [1.54, 1.807) is 7.11 Å². The molecule has 1 aromatic rings. The molecule has 1 saturated heterocycles. The predicted octanol–water partition coefficient (Wildman–Crippen LogP) is 3.74. The molecule has 118 valence electrons. The van der Waals surface area contributed by atoms with Crippen LogP contribution in [0.3, 0.4) is 0 Å². The molecule has 3 heteroatoms. The summed E-state index contributed by atoms with van der Waals surface area (Å²) < 4.78 is 5.65. The first kappa shape index (κ1) is 16.2. The summed E-state index contributed by atoms with van der Waals surface area (Å²) in [4.78, 5) is 4.86. The molecule has 1 fully saturated rings. The molecule has 0 amide bonds. The van der Waals surface area contributed by atoms with Crippen LogP contribution in [0.5, 0.6) is 5.75 Å². The van der Waals surface area contributed by atoms with E-state index < -0.39 is 0 Å². The van der Waals surface area contributed by atoms with Gasteiger partial charge in [-0.3, -0.25) is 0 Å². The van der Waals surface area contributed by atoms with Crippen molar-refractivity contribution in [3.8, 4) is 5.75 Å². The zero-order valence-corrected chi connectivity index (χ0v) is 14.2. The molecule has 21 heavy (non-hydrogen) atoms. The Hall–Kier alpha value is -1.22. The molecular formula is C18H30N2O. The van der Waals surface area contributed by atoms with Gasteiger partial charge in [-0.05, 0) is 57.0 Å². The van der Waals surface area contributed by atoms with Gasteiger partial charge in [0.2, 0.25) is 0 Å². The van der Waals surface area contributed by atoms with Gasteiger partial charge in [-0.15, -0.1) is 0 Å². The molecule has 0 aromatic heterocycles. The summed E-state index contributed by atoms with van der Waals surface area (Å²) in [5.41, 5.74) is 2.60. The lowest BCUT2D eigenvalue weighted by Crippen LogP contribution is -2.30. The minimum Gasteiger partial charge on any atom is -0.495 e. The molecule has 1 atom stereocenters. The van der Waals surface area contributed by atoms with Crippen LogP contribution in [0.1, 0.15) is 44.6 Å². The Morgan fingerprint density at radius 3 is 2.57 bits per heavy atom. The van der Waals surface area contributed by atoms with Gasteiger partial charge in [0.15, 0.2) is 0 Å². The average molecular weight is 290 g/mol. The first-order valence-electron chi connectivity index (χ1n) is 8.12. The fourth-order valence-electron chi connectivity index (χ4n) is 3.15. The number of hydrogen-bond donors (Lipinski definition) is 0. The van der Waals surface area contributed by atoms with Gasteiger partial charge in [0.05, 0.1) is 12.8 Å². The van der Waals surface area contributed by atoms with Crippen molar-refractivity contribution in [2.75, 3.05) is 39.2 Å². The molecule has 2 rings (SSSR count). The standard InChI is InChI=1S/C18H30N2O/c1-14(2)15-8-9-17(18(13-15)21-5)20-11-6-7-16(10-12-20)19(3)4/h8-9,13-14,16H,6-7,10-12H2,1-5H3. The summed E-state index contributed by atoms with van der Waals surface area (Å²) in [5, 5.41) is 0. The number of rotatable bonds is 4. The second-order valence-corrected chi connectivity index (χ2v) is 6.62. The smallest absolute Gasteiger partial charge is 0.142 e. The Labute approximate surface area is 129 Å². The maximum atomic E-state index is 5.65. The average Bonchev–Trinajstić information content (AvgIpc) is 2.72. The van der Waals surface area contributed by atoms with Gasteiger partial charge in [0.25, 0.3) is 0 Å². The summed E-state index contributed by atoms with van der Waals surface area (Å²) in [6.07, 6.45) is 3.76. The second-order valence-electron chi connectivity index (χ2n) is 6.62. The third kappa shape index (κ3) is 3.91. The maximum absolute atomic E-state index is 5.65. The number of methoxy groups -OCH3 is 1. The summed E-state index contributed by atoms with van der Waals surface area (Å²) in [6, 6.07) is 7.39. The van der Waals surface area contributed by atoms with Crippen LogP contribution in [0.2, 0.25) is 0 Å². The fraction of sp³-hybridized carbons (Fsp3) is 0.667. The van der Waals surface area contributed by atoms with Gasteiger partial charge in [0.1, 0.15) is 5.75 Å². The summed E-state index contributed by atoms with van der Waals surface area (Å²) >= 11 is 0. The van der Waals surface area contributed by atoms with E-state index in [-0.39, 0.29) is 0 Å². The monoisotopic (exact) mass is 290 g/mol. The Morgan fingerprint density at radius 1 is 1.19 bits per heavy atom. The van der Waals surface area contributed by atoms with Crippen molar-refractivity contribution in [3.05, 3.63) is 23.8 Å². The maximum Gasteiger partial charge on any atom is 0.142 e. The van der Waals surface area contributed by atoms with E-state index in [1.165, 1.54) is 30.5 Å². The van der Waals surface area contributed by atoms with Gasteiger partial charge < -0.3 is 14.5 Å². The summed E-state index contributed by atoms with van der Waals surface area (Å²) in [7, 11) is 6.17. The number of ether oxygens (including phenoxy) is 1. The Bertz CT molecular complexity index is 457. The molecule has 1 aromatic carbocycles. The van der Waals surface area contributed by atoms with Crippen molar-refractivity contribution in [2.45, 2.75) is 45.1 Å². The van der Waals surface area contributed by atoms with E-state index in [0.717, 1.165) is 18.8 Å². The molecule has 3 nitrogen and oxygen atoms in total. The van der Waals surface area contributed by atoms with E-state index in [1.807, 2.05) is 0 Å². The highest BCUT2D eigenvalue weighted by atomic mass is 16.5. The first-order valence-corrected chi connectivity index (χ1v) is 8.12. The van der Waals surface area contributed by atoms with Gasteiger partial charge in [-0.25, -0.2) is 0 Å². The highest BCUT2D eigenvalue weighted by Crippen LogP contribution is 2.33. The number of nitrogens with zero attached hydrogens (tertiary/aromatic N) is 2. The third-order valence-electron chi connectivity index (χ3n) is 4.64. The van der Waals surface area contributed by atoms with Gasteiger partial charge in [-0.2, -0.15) is 0 Å². The summed E-state index contributed by atoms with van der Waals surface area (Å²) in [6.45, 7) is 6.69. The van der Waals surface area contributed by atoms with Gasteiger partial charge in [0, 0.05) is 19.1 Å². The van der Waals surface area contributed by atoms with E-state index in [2.05, 4.69) is 55.9 Å². The van der Waals surface area contributed by atoms with E-state index in [9.17, 15) is 0 Å². The lowest BCUT2D eigenvalue weighted by molar-refractivity contribution is 0.272. The third-order valence-corrected chi connectivity index (χ3v) is 4.64.